The number of nitrogens with one attached hydrogen (secondary N) is 1. The van der Waals surface area contributed by atoms with Gasteiger partial charge in [-0.25, -0.2) is 4.39 Å². The van der Waals surface area contributed by atoms with E-state index in [0.29, 0.717) is 16.9 Å². The Morgan fingerprint density at radius 3 is 2.57 bits per heavy atom. The van der Waals surface area contributed by atoms with Crippen molar-refractivity contribution < 1.29 is 19.0 Å². The molecule has 5 heteroatoms. The molecule has 0 aliphatic rings. The number of hydrogen-bond acceptors (Lipinski definition) is 3. The molecule has 0 aliphatic heterocycles. The van der Waals surface area contributed by atoms with Crippen LogP contribution in [0.2, 0.25) is 0 Å². The van der Waals surface area contributed by atoms with E-state index < -0.39 is 12.1 Å². The maximum Gasteiger partial charge on any atom is 0.224 e. The first kappa shape index (κ1) is 17.0. The fraction of sp³-hybridized carbons (Fsp3) is 0.278. The number of halogens is 1. The Morgan fingerprint density at radius 2 is 1.96 bits per heavy atom. The second-order valence-electron chi connectivity index (χ2n) is 5.38. The number of carbonyl (C=O) groups excluding carboxylic acids is 1. The van der Waals surface area contributed by atoms with Crippen LogP contribution < -0.4 is 10.1 Å². The summed E-state index contributed by atoms with van der Waals surface area (Å²) in [5.41, 5.74) is 1.28. The predicted octanol–water partition coefficient (Wildman–Crippen LogP) is 2.62. The van der Waals surface area contributed by atoms with Crippen molar-refractivity contribution in [1.29, 1.82) is 0 Å². The fourth-order valence-electron chi connectivity index (χ4n) is 2.31. The summed E-state index contributed by atoms with van der Waals surface area (Å²) in [7, 11) is 1.57. The molecule has 2 aromatic carbocycles. The van der Waals surface area contributed by atoms with Crippen molar-refractivity contribution in [2.24, 2.45) is 0 Å². The van der Waals surface area contributed by atoms with Gasteiger partial charge in [0.25, 0.3) is 0 Å². The normalized spacial score (nSPS) is 13.2. The van der Waals surface area contributed by atoms with Gasteiger partial charge in [-0.3, -0.25) is 4.79 Å². The summed E-state index contributed by atoms with van der Waals surface area (Å²) >= 11 is 0. The molecule has 2 N–H and O–H groups in total. The summed E-state index contributed by atoms with van der Waals surface area (Å²) < 4.78 is 18.2. The molecular weight excluding hydrogens is 297 g/mol. The third-order valence-electron chi connectivity index (χ3n) is 3.57. The number of hydrogen-bond donors (Lipinski definition) is 2. The molecular formula is C18H20FNO3. The minimum Gasteiger partial charge on any atom is -0.497 e. The number of methoxy groups -OCH3 is 1. The van der Waals surface area contributed by atoms with E-state index in [1.807, 2.05) is 0 Å². The molecule has 0 saturated carbocycles. The van der Waals surface area contributed by atoms with Gasteiger partial charge in [-0.15, -0.1) is 0 Å². The Kier molecular flexibility index (Phi) is 5.71. The fourth-order valence-corrected chi connectivity index (χ4v) is 2.31. The van der Waals surface area contributed by atoms with E-state index in [1.54, 1.807) is 50.4 Å². The van der Waals surface area contributed by atoms with Gasteiger partial charge < -0.3 is 15.2 Å². The quantitative estimate of drug-likeness (QED) is 0.861. The average Bonchev–Trinajstić information content (AvgIpc) is 2.54. The summed E-state index contributed by atoms with van der Waals surface area (Å²) in [5, 5.41) is 13.0. The summed E-state index contributed by atoms with van der Waals surface area (Å²) in [6.07, 6.45) is -0.769. The van der Waals surface area contributed by atoms with Crippen LogP contribution in [0, 0.1) is 5.82 Å². The highest BCUT2D eigenvalue weighted by molar-refractivity contribution is 5.78. The van der Waals surface area contributed by atoms with Crippen molar-refractivity contribution in [1.82, 2.24) is 5.32 Å². The van der Waals surface area contributed by atoms with E-state index in [2.05, 4.69) is 5.32 Å². The molecule has 122 valence electrons. The highest BCUT2D eigenvalue weighted by atomic mass is 19.1. The summed E-state index contributed by atoms with van der Waals surface area (Å²) in [6, 6.07) is 12.4. The van der Waals surface area contributed by atoms with E-state index in [9.17, 15) is 14.3 Å². The number of aliphatic hydroxyl groups excluding tert-OH is 1. The van der Waals surface area contributed by atoms with E-state index in [0.717, 1.165) is 0 Å². The standard InChI is InChI=1S/C18H20FNO3/c1-12(18(22)14-6-8-16(23-2)9-7-14)20-17(21)11-13-4-3-5-15(19)10-13/h3-10,12,18,22H,11H2,1-2H3,(H,20,21). The minimum atomic E-state index is -0.836. The molecule has 0 radical (unpaired) electrons. The van der Waals surface area contributed by atoms with Crippen molar-refractivity contribution in [2.75, 3.05) is 7.11 Å². The zero-order valence-corrected chi connectivity index (χ0v) is 13.1. The average molecular weight is 317 g/mol. The zero-order valence-electron chi connectivity index (χ0n) is 13.1. The molecule has 0 bridgehead atoms. The third-order valence-corrected chi connectivity index (χ3v) is 3.57. The smallest absolute Gasteiger partial charge is 0.224 e. The molecule has 2 rings (SSSR count). The van der Waals surface area contributed by atoms with Gasteiger partial charge in [0, 0.05) is 0 Å². The number of benzene rings is 2. The highest BCUT2D eigenvalue weighted by Gasteiger charge is 2.18. The van der Waals surface area contributed by atoms with Crippen LogP contribution in [-0.2, 0) is 11.2 Å². The maximum atomic E-state index is 13.1. The van der Waals surface area contributed by atoms with Gasteiger partial charge in [-0.05, 0) is 42.3 Å². The van der Waals surface area contributed by atoms with E-state index >= 15 is 0 Å². The highest BCUT2D eigenvalue weighted by Crippen LogP contribution is 2.20. The summed E-state index contributed by atoms with van der Waals surface area (Å²) in [6.45, 7) is 1.72. The lowest BCUT2D eigenvalue weighted by atomic mass is 10.0. The second-order valence-corrected chi connectivity index (χ2v) is 5.38. The van der Waals surface area contributed by atoms with E-state index in [4.69, 9.17) is 4.74 Å². The first-order chi connectivity index (χ1) is 11.0. The van der Waals surface area contributed by atoms with Crippen molar-refractivity contribution in [3.05, 3.63) is 65.5 Å². The summed E-state index contributed by atoms with van der Waals surface area (Å²) in [5.74, 6) is 0.0565. The predicted molar refractivity (Wildman–Crippen MR) is 85.7 cm³/mol. The molecule has 1 amide bonds. The molecule has 2 aromatic rings. The first-order valence-corrected chi connectivity index (χ1v) is 7.35. The Hall–Kier alpha value is -2.40. The molecule has 0 spiro atoms. The third kappa shape index (κ3) is 4.79. The maximum absolute atomic E-state index is 13.1. The van der Waals surface area contributed by atoms with E-state index in [-0.39, 0.29) is 18.1 Å². The molecule has 4 nitrogen and oxygen atoms in total. The lowest BCUT2D eigenvalue weighted by Crippen LogP contribution is -2.37. The zero-order chi connectivity index (χ0) is 16.8. The van der Waals surface area contributed by atoms with E-state index in [1.165, 1.54) is 12.1 Å². The molecule has 0 aromatic heterocycles. The molecule has 0 aliphatic carbocycles. The van der Waals surface area contributed by atoms with Crippen LogP contribution in [-0.4, -0.2) is 24.2 Å². The monoisotopic (exact) mass is 317 g/mol. The van der Waals surface area contributed by atoms with Crippen LogP contribution in [0.4, 0.5) is 4.39 Å². The number of ether oxygens (including phenoxy) is 1. The lowest BCUT2D eigenvalue weighted by Gasteiger charge is -2.21. The molecule has 23 heavy (non-hydrogen) atoms. The topological polar surface area (TPSA) is 58.6 Å². The van der Waals surface area contributed by atoms with Gasteiger partial charge in [0.15, 0.2) is 0 Å². The van der Waals surface area contributed by atoms with Crippen LogP contribution in [0.3, 0.4) is 0 Å². The molecule has 2 atom stereocenters. The molecule has 0 fully saturated rings. The van der Waals surface area contributed by atoms with Gasteiger partial charge >= 0.3 is 0 Å². The Balaban J connectivity index is 1.94. The first-order valence-electron chi connectivity index (χ1n) is 7.35. The van der Waals surface area contributed by atoms with Crippen molar-refractivity contribution in [3.63, 3.8) is 0 Å². The number of aliphatic hydroxyl groups is 1. The SMILES string of the molecule is COc1ccc(C(O)C(C)NC(=O)Cc2cccc(F)c2)cc1. The van der Waals surface area contributed by atoms with Gasteiger partial charge in [-0.1, -0.05) is 24.3 Å². The van der Waals surface area contributed by atoms with Gasteiger partial charge in [0.1, 0.15) is 11.6 Å². The number of rotatable bonds is 6. The molecule has 2 unspecified atom stereocenters. The van der Waals surface area contributed by atoms with Gasteiger partial charge in [0.05, 0.1) is 25.7 Å². The van der Waals surface area contributed by atoms with Crippen LogP contribution in [0.15, 0.2) is 48.5 Å². The largest absolute Gasteiger partial charge is 0.497 e. The van der Waals surface area contributed by atoms with Gasteiger partial charge in [0.2, 0.25) is 5.91 Å². The minimum absolute atomic E-state index is 0.0669. The number of carbonyl (C=O) groups is 1. The Bertz CT molecular complexity index is 658. The lowest BCUT2D eigenvalue weighted by molar-refractivity contribution is -0.121. The van der Waals surface area contributed by atoms with Crippen LogP contribution in [0.5, 0.6) is 5.75 Å². The van der Waals surface area contributed by atoms with Crippen molar-refractivity contribution in [3.8, 4) is 5.75 Å². The Morgan fingerprint density at radius 1 is 1.26 bits per heavy atom. The van der Waals surface area contributed by atoms with Crippen molar-refractivity contribution >= 4 is 5.91 Å². The van der Waals surface area contributed by atoms with Crippen LogP contribution >= 0.6 is 0 Å². The second kappa shape index (κ2) is 7.74. The van der Waals surface area contributed by atoms with Crippen molar-refractivity contribution in [2.45, 2.75) is 25.5 Å². The molecule has 0 heterocycles. The Labute approximate surface area is 134 Å². The number of amides is 1. The van der Waals surface area contributed by atoms with Crippen LogP contribution in [0.1, 0.15) is 24.2 Å². The van der Waals surface area contributed by atoms with Gasteiger partial charge in [-0.2, -0.15) is 0 Å². The van der Waals surface area contributed by atoms with Crippen LogP contribution in [0.25, 0.3) is 0 Å². The molecule has 0 saturated heterocycles. The summed E-state index contributed by atoms with van der Waals surface area (Å²) in [4.78, 5) is 12.0.